The highest BCUT2D eigenvalue weighted by molar-refractivity contribution is 5.71. The fraction of sp³-hybridized carbons (Fsp3) is 0.588. The van der Waals surface area contributed by atoms with Gasteiger partial charge in [0.25, 0.3) is 0 Å². The summed E-state index contributed by atoms with van der Waals surface area (Å²) in [7, 11) is 1.43. The van der Waals surface area contributed by atoms with Gasteiger partial charge in [0.15, 0.2) is 0 Å². The number of hydrogen-bond donors (Lipinski definition) is 0. The smallest absolute Gasteiger partial charge is 0.319 e. The van der Waals surface area contributed by atoms with Crippen LogP contribution in [0.2, 0.25) is 0 Å². The van der Waals surface area contributed by atoms with Gasteiger partial charge < -0.3 is 9.47 Å². The Morgan fingerprint density at radius 2 is 1.81 bits per heavy atom. The van der Waals surface area contributed by atoms with E-state index < -0.39 is 0 Å². The zero-order valence-corrected chi connectivity index (χ0v) is 13.6. The number of rotatable bonds is 9. The fourth-order valence-corrected chi connectivity index (χ4v) is 2.33. The average molecular weight is 293 g/mol. The first-order valence-corrected chi connectivity index (χ1v) is 7.55. The third-order valence-corrected chi connectivity index (χ3v) is 3.20. The predicted molar refractivity (Wildman–Crippen MR) is 84.8 cm³/mol. The number of esters is 1. The van der Waals surface area contributed by atoms with Gasteiger partial charge >= 0.3 is 5.97 Å². The molecule has 1 rings (SSSR count). The van der Waals surface area contributed by atoms with Crippen LogP contribution in [0.5, 0.6) is 5.75 Å². The molecule has 1 aromatic rings. The minimum Gasteiger partial charge on any atom is -0.494 e. The second kappa shape index (κ2) is 9.40. The molecule has 4 heteroatoms. The maximum absolute atomic E-state index is 11.3. The molecular formula is C17H27NO3. The van der Waals surface area contributed by atoms with Crippen LogP contribution in [-0.4, -0.2) is 44.2 Å². The number of aryl methyl sites for hydroxylation is 2. The highest BCUT2D eigenvalue weighted by Crippen LogP contribution is 2.16. The van der Waals surface area contributed by atoms with Crippen molar-refractivity contribution in [3.8, 4) is 5.75 Å². The molecule has 4 nitrogen and oxygen atoms in total. The molecule has 0 spiro atoms. The van der Waals surface area contributed by atoms with Crippen LogP contribution >= 0.6 is 0 Å². The molecule has 0 bridgehead atoms. The molecule has 0 saturated carbocycles. The third-order valence-electron chi connectivity index (χ3n) is 3.20. The van der Waals surface area contributed by atoms with Crippen LogP contribution in [0, 0.1) is 13.8 Å². The van der Waals surface area contributed by atoms with Gasteiger partial charge in [0.05, 0.1) is 20.3 Å². The van der Waals surface area contributed by atoms with Crippen molar-refractivity contribution in [1.29, 1.82) is 0 Å². The van der Waals surface area contributed by atoms with Gasteiger partial charge in [-0.05, 0) is 56.5 Å². The second-order valence-electron chi connectivity index (χ2n) is 5.38. The summed E-state index contributed by atoms with van der Waals surface area (Å²) in [5.41, 5.74) is 2.42. The van der Waals surface area contributed by atoms with E-state index in [1.165, 1.54) is 18.2 Å². The number of methoxy groups -OCH3 is 1. The molecule has 0 aliphatic heterocycles. The topological polar surface area (TPSA) is 38.8 Å². The van der Waals surface area contributed by atoms with E-state index >= 15 is 0 Å². The van der Waals surface area contributed by atoms with Crippen molar-refractivity contribution >= 4 is 5.97 Å². The average Bonchev–Trinajstić information content (AvgIpc) is 2.42. The van der Waals surface area contributed by atoms with Crippen molar-refractivity contribution in [2.75, 3.05) is 33.4 Å². The quantitative estimate of drug-likeness (QED) is 0.518. The lowest BCUT2D eigenvalue weighted by Gasteiger charge is -2.20. The van der Waals surface area contributed by atoms with E-state index in [2.05, 4.69) is 31.7 Å². The Labute approximate surface area is 128 Å². The van der Waals surface area contributed by atoms with E-state index in [0.717, 1.165) is 31.7 Å². The Hall–Kier alpha value is -1.55. The summed E-state index contributed by atoms with van der Waals surface area (Å²) in [6, 6.07) is 6.22. The van der Waals surface area contributed by atoms with Crippen LogP contribution in [-0.2, 0) is 9.53 Å². The molecule has 0 aliphatic rings. The van der Waals surface area contributed by atoms with Gasteiger partial charge in [-0.2, -0.15) is 0 Å². The molecule has 0 fully saturated rings. The Kier molecular flexibility index (Phi) is 7.83. The van der Waals surface area contributed by atoms with Crippen LogP contribution in [0.3, 0.4) is 0 Å². The maximum Gasteiger partial charge on any atom is 0.319 e. The van der Waals surface area contributed by atoms with Gasteiger partial charge in [0.2, 0.25) is 0 Å². The summed E-state index contributed by atoms with van der Waals surface area (Å²) >= 11 is 0. The normalized spacial score (nSPS) is 10.7. The molecule has 1 aromatic carbocycles. The molecule has 0 aliphatic carbocycles. The molecular weight excluding hydrogens is 266 g/mol. The molecule has 0 radical (unpaired) electrons. The first-order chi connectivity index (χ1) is 10.0. The summed E-state index contributed by atoms with van der Waals surface area (Å²) in [4.78, 5) is 13.4. The van der Waals surface area contributed by atoms with Crippen molar-refractivity contribution in [3.05, 3.63) is 29.3 Å². The van der Waals surface area contributed by atoms with Gasteiger partial charge in [-0.1, -0.05) is 13.0 Å². The SMILES string of the molecule is CCCN(CCCOc1cc(C)cc(C)c1)CC(=O)OC. The van der Waals surface area contributed by atoms with Crippen LogP contribution < -0.4 is 4.74 Å². The zero-order chi connectivity index (χ0) is 15.7. The molecule has 0 N–H and O–H groups in total. The molecule has 0 unspecified atom stereocenters. The van der Waals surface area contributed by atoms with Gasteiger partial charge in [-0.25, -0.2) is 0 Å². The van der Waals surface area contributed by atoms with E-state index in [0.29, 0.717) is 13.2 Å². The largest absolute Gasteiger partial charge is 0.494 e. The lowest BCUT2D eigenvalue weighted by molar-refractivity contribution is -0.141. The van der Waals surface area contributed by atoms with Crippen molar-refractivity contribution in [3.63, 3.8) is 0 Å². The van der Waals surface area contributed by atoms with Crippen LogP contribution in [0.25, 0.3) is 0 Å². The molecule has 0 atom stereocenters. The molecule has 0 amide bonds. The van der Waals surface area contributed by atoms with Gasteiger partial charge in [0, 0.05) is 6.54 Å². The highest BCUT2D eigenvalue weighted by Gasteiger charge is 2.09. The first kappa shape index (κ1) is 17.5. The fourth-order valence-electron chi connectivity index (χ4n) is 2.33. The van der Waals surface area contributed by atoms with Crippen LogP contribution in [0.15, 0.2) is 18.2 Å². The molecule has 118 valence electrons. The summed E-state index contributed by atoms with van der Waals surface area (Å²) in [6.07, 6.45) is 1.92. The first-order valence-electron chi connectivity index (χ1n) is 7.55. The van der Waals surface area contributed by atoms with E-state index in [-0.39, 0.29) is 5.97 Å². The number of ether oxygens (including phenoxy) is 2. The van der Waals surface area contributed by atoms with Crippen molar-refractivity contribution in [2.45, 2.75) is 33.6 Å². The summed E-state index contributed by atoms with van der Waals surface area (Å²) < 4.78 is 10.5. The molecule has 21 heavy (non-hydrogen) atoms. The lowest BCUT2D eigenvalue weighted by Crippen LogP contribution is -2.32. The minimum absolute atomic E-state index is 0.182. The Balaban J connectivity index is 2.34. The summed E-state index contributed by atoms with van der Waals surface area (Å²) in [5.74, 6) is 0.737. The Morgan fingerprint density at radius 3 is 2.38 bits per heavy atom. The van der Waals surface area contributed by atoms with E-state index in [1.807, 2.05) is 12.1 Å². The third kappa shape index (κ3) is 7.14. The molecule has 0 aromatic heterocycles. The van der Waals surface area contributed by atoms with Crippen molar-refractivity contribution in [1.82, 2.24) is 4.90 Å². The standard InChI is InChI=1S/C17H27NO3/c1-5-7-18(13-17(19)20-4)8-6-9-21-16-11-14(2)10-15(3)12-16/h10-12H,5-9,13H2,1-4H3. The van der Waals surface area contributed by atoms with E-state index in [1.54, 1.807) is 0 Å². The lowest BCUT2D eigenvalue weighted by atomic mass is 10.1. The number of hydrogen-bond acceptors (Lipinski definition) is 4. The molecule has 0 saturated heterocycles. The van der Waals surface area contributed by atoms with Crippen LogP contribution in [0.1, 0.15) is 30.9 Å². The van der Waals surface area contributed by atoms with Gasteiger partial charge in [-0.15, -0.1) is 0 Å². The second-order valence-corrected chi connectivity index (χ2v) is 5.38. The number of nitrogens with zero attached hydrogens (tertiary/aromatic N) is 1. The zero-order valence-electron chi connectivity index (χ0n) is 13.6. The predicted octanol–water partition coefficient (Wildman–Crippen LogP) is 2.96. The maximum atomic E-state index is 11.3. The monoisotopic (exact) mass is 293 g/mol. The van der Waals surface area contributed by atoms with Crippen LogP contribution in [0.4, 0.5) is 0 Å². The van der Waals surface area contributed by atoms with Gasteiger partial charge in [0.1, 0.15) is 5.75 Å². The van der Waals surface area contributed by atoms with Crippen molar-refractivity contribution in [2.24, 2.45) is 0 Å². The highest BCUT2D eigenvalue weighted by atomic mass is 16.5. The molecule has 0 heterocycles. The van der Waals surface area contributed by atoms with Gasteiger partial charge in [-0.3, -0.25) is 9.69 Å². The number of benzene rings is 1. The number of carbonyl (C=O) groups excluding carboxylic acids is 1. The minimum atomic E-state index is -0.182. The van der Waals surface area contributed by atoms with Crippen molar-refractivity contribution < 1.29 is 14.3 Å². The van der Waals surface area contributed by atoms with E-state index in [9.17, 15) is 4.79 Å². The Bertz CT molecular complexity index is 425. The summed E-state index contributed by atoms with van der Waals surface area (Å²) in [6.45, 7) is 9.00. The number of carbonyl (C=O) groups is 1. The summed E-state index contributed by atoms with van der Waals surface area (Å²) in [5, 5.41) is 0. The van der Waals surface area contributed by atoms with E-state index in [4.69, 9.17) is 9.47 Å². The Morgan fingerprint density at radius 1 is 1.14 bits per heavy atom.